The number of nitrogens with zero attached hydrogens (tertiary/aromatic N) is 2. The van der Waals surface area contributed by atoms with Gasteiger partial charge in [-0.25, -0.2) is 0 Å². The minimum absolute atomic E-state index is 0.0468. The van der Waals surface area contributed by atoms with Gasteiger partial charge in [0.25, 0.3) is 5.56 Å². The number of ether oxygens (including phenoxy) is 2. The zero-order chi connectivity index (χ0) is 19.3. The second-order valence-corrected chi connectivity index (χ2v) is 6.23. The molecule has 0 aliphatic rings. The van der Waals surface area contributed by atoms with Gasteiger partial charge in [0, 0.05) is 22.8 Å². The van der Waals surface area contributed by atoms with Gasteiger partial charge in [0.2, 0.25) is 5.91 Å². The number of hydrogen-bond acceptors (Lipinski definition) is 5. The fourth-order valence-electron chi connectivity index (χ4n) is 2.53. The summed E-state index contributed by atoms with van der Waals surface area (Å²) < 4.78 is 12.1. The fourth-order valence-corrected chi connectivity index (χ4v) is 3.06. The van der Waals surface area contributed by atoms with Gasteiger partial charge in [-0.05, 0) is 35.0 Å². The predicted octanol–water partition coefficient (Wildman–Crippen LogP) is 2.58. The number of carbonyl (C=O) groups is 1. The predicted molar refractivity (Wildman–Crippen MR) is 100 cm³/mol. The Morgan fingerprint density at radius 1 is 1.35 bits per heavy atom. The summed E-state index contributed by atoms with van der Waals surface area (Å²) in [4.78, 5) is 25.1. The summed E-state index contributed by atoms with van der Waals surface area (Å²) in [6, 6.07) is 8.87. The third-order valence-corrected chi connectivity index (χ3v) is 4.88. The van der Waals surface area contributed by atoms with Crippen molar-refractivity contribution in [2.24, 2.45) is 0 Å². The zero-order valence-corrected chi connectivity index (χ0v) is 16.2. The number of amides is 1. The lowest BCUT2D eigenvalue weighted by Crippen LogP contribution is -2.32. The number of para-hydroxylation sites is 2. The van der Waals surface area contributed by atoms with Gasteiger partial charge in [0.15, 0.2) is 0 Å². The van der Waals surface area contributed by atoms with E-state index in [1.54, 1.807) is 31.2 Å². The van der Waals surface area contributed by atoms with Crippen LogP contribution in [0.1, 0.15) is 16.8 Å². The van der Waals surface area contributed by atoms with E-state index in [0.29, 0.717) is 27.2 Å². The van der Waals surface area contributed by atoms with Crippen LogP contribution in [0, 0.1) is 18.3 Å². The standard InChI is InChI=1S/C18H18BrN3O4/c1-11-17(19)13(10-25-2)12(8-20)18(24)22(11)9-16(23)21-14-6-4-5-7-15(14)26-3/h4-7H,9-10H2,1-3H3,(H,21,23). The smallest absolute Gasteiger partial charge is 0.269 e. The average Bonchev–Trinajstić information content (AvgIpc) is 2.64. The van der Waals surface area contributed by atoms with Crippen LogP contribution in [0.25, 0.3) is 0 Å². The highest BCUT2D eigenvalue weighted by Gasteiger charge is 2.20. The number of benzene rings is 1. The molecule has 26 heavy (non-hydrogen) atoms. The third kappa shape index (κ3) is 3.95. The van der Waals surface area contributed by atoms with E-state index >= 15 is 0 Å². The van der Waals surface area contributed by atoms with Gasteiger partial charge >= 0.3 is 0 Å². The first kappa shape index (κ1) is 19.7. The molecule has 7 nitrogen and oxygen atoms in total. The van der Waals surface area contributed by atoms with Gasteiger partial charge in [0.1, 0.15) is 23.9 Å². The van der Waals surface area contributed by atoms with Crippen molar-refractivity contribution in [1.82, 2.24) is 4.57 Å². The molecule has 2 rings (SSSR count). The summed E-state index contributed by atoms with van der Waals surface area (Å²) in [7, 11) is 2.99. The molecule has 0 saturated carbocycles. The van der Waals surface area contributed by atoms with E-state index in [2.05, 4.69) is 21.2 Å². The van der Waals surface area contributed by atoms with E-state index in [9.17, 15) is 14.9 Å². The lowest BCUT2D eigenvalue weighted by molar-refractivity contribution is -0.116. The second-order valence-electron chi connectivity index (χ2n) is 5.44. The van der Waals surface area contributed by atoms with Crippen LogP contribution in [0.3, 0.4) is 0 Å². The van der Waals surface area contributed by atoms with Gasteiger partial charge in [0.05, 0.1) is 19.4 Å². The van der Waals surface area contributed by atoms with E-state index in [-0.39, 0.29) is 18.7 Å². The normalized spacial score (nSPS) is 10.3. The quantitative estimate of drug-likeness (QED) is 0.776. The van der Waals surface area contributed by atoms with Crippen LogP contribution in [0.5, 0.6) is 5.75 Å². The highest BCUT2D eigenvalue weighted by molar-refractivity contribution is 9.10. The molecule has 1 amide bonds. The Kier molecular flexibility index (Phi) is 6.55. The molecule has 1 heterocycles. The van der Waals surface area contributed by atoms with Crippen molar-refractivity contribution >= 4 is 27.5 Å². The maximum Gasteiger partial charge on any atom is 0.269 e. The molecule has 136 valence electrons. The number of methoxy groups -OCH3 is 2. The number of aromatic nitrogens is 1. The molecule has 1 aromatic heterocycles. The maximum absolute atomic E-state index is 12.6. The van der Waals surface area contributed by atoms with Crippen LogP contribution in [0.4, 0.5) is 5.69 Å². The van der Waals surface area contributed by atoms with Crippen molar-refractivity contribution in [2.45, 2.75) is 20.1 Å². The molecule has 0 atom stereocenters. The summed E-state index contributed by atoms with van der Waals surface area (Å²) in [6.45, 7) is 1.58. The molecule has 1 N–H and O–H groups in total. The van der Waals surface area contributed by atoms with Crippen molar-refractivity contribution in [2.75, 3.05) is 19.5 Å². The minimum atomic E-state index is -0.532. The highest BCUT2D eigenvalue weighted by Crippen LogP contribution is 2.25. The van der Waals surface area contributed by atoms with Crippen LogP contribution >= 0.6 is 15.9 Å². The van der Waals surface area contributed by atoms with Gasteiger partial charge in [-0.15, -0.1) is 0 Å². The molecular weight excluding hydrogens is 402 g/mol. The van der Waals surface area contributed by atoms with Crippen LogP contribution in [0.15, 0.2) is 33.5 Å². The SMILES string of the molecule is COCc1c(Br)c(C)n(CC(=O)Nc2ccccc2OC)c(=O)c1C#N. The van der Waals surface area contributed by atoms with Crippen molar-refractivity contribution in [3.8, 4) is 11.8 Å². The van der Waals surface area contributed by atoms with Crippen LogP contribution in [-0.2, 0) is 22.7 Å². The Labute approximate surface area is 159 Å². The summed E-state index contributed by atoms with van der Waals surface area (Å²) >= 11 is 3.39. The molecule has 0 bridgehead atoms. The van der Waals surface area contributed by atoms with Gasteiger partial charge in [-0.2, -0.15) is 5.26 Å². The van der Waals surface area contributed by atoms with Gasteiger partial charge in [-0.3, -0.25) is 9.59 Å². The van der Waals surface area contributed by atoms with Gasteiger partial charge < -0.3 is 19.4 Å². The molecular formula is C18H18BrN3O4. The Hall–Kier alpha value is -2.63. The molecule has 0 spiro atoms. The number of halogens is 1. The highest BCUT2D eigenvalue weighted by atomic mass is 79.9. The number of nitriles is 1. The fraction of sp³-hybridized carbons (Fsp3) is 0.278. The number of carbonyl (C=O) groups excluding carboxylic acids is 1. The molecule has 0 aliphatic carbocycles. The summed E-state index contributed by atoms with van der Waals surface area (Å²) in [5, 5.41) is 12.1. The van der Waals surface area contributed by atoms with Gasteiger partial charge in [-0.1, -0.05) is 12.1 Å². The zero-order valence-electron chi connectivity index (χ0n) is 14.6. The molecule has 0 fully saturated rings. The lowest BCUT2D eigenvalue weighted by atomic mass is 10.1. The molecule has 1 aromatic carbocycles. The summed E-state index contributed by atoms with van der Waals surface area (Å²) in [5.41, 5.74) is 0.932. The first-order valence-electron chi connectivity index (χ1n) is 7.68. The van der Waals surface area contributed by atoms with E-state index < -0.39 is 11.5 Å². The number of pyridine rings is 1. The Morgan fingerprint density at radius 2 is 2.04 bits per heavy atom. The molecule has 0 aliphatic heterocycles. The van der Waals surface area contributed by atoms with Crippen molar-refractivity contribution in [3.63, 3.8) is 0 Å². The van der Waals surface area contributed by atoms with E-state index in [0.717, 1.165) is 0 Å². The van der Waals surface area contributed by atoms with Crippen LogP contribution in [-0.4, -0.2) is 24.7 Å². The third-order valence-electron chi connectivity index (χ3n) is 3.83. The molecule has 2 aromatic rings. The Morgan fingerprint density at radius 3 is 2.65 bits per heavy atom. The Balaban J connectivity index is 2.38. The number of anilines is 1. The second kappa shape index (κ2) is 8.65. The first-order chi connectivity index (χ1) is 12.4. The molecule has 0 saturated heterocycles. The number of rotatable bonds is 6. The average molecular weight is 420 g/mol. The van der Waals surface area contributed by atoms with Crippen LogP contribution < -0.4 is 15.6 Å². The summed E-state index contributed by atoms with van der Waals surface area (Å²) in [6.07, 6.45) is 0. The number of hydrogen-bond donors (Lipinski definition) is 1. The topological polar surface area (TPSA) is 93.3 Å². The minimum Gasteiger partial charge on any atom is -0.495 e. The van der Waals surface area contributed by atoms with E-state index in [4.69, 9.17) is 9.47 Å². The van der Waals surface area contributed by atoms with E-state index in [1.807, 2.05) is 6.07 Å². The van der Waals surface area contributed by atoms with Crippen LogP contribution in [0.2, 0.25) is 0 Å². The van der Waals surface area contributed by atoms with E-state index in [1.165, 1.54) is 18.8 Å². The lowest BCUT2D eigenvalue weighted by Gasteiger charge is -2.16. The first-order valence-corrected chi connectivity index (χ1v) is 8.47. The number of nitrogens with one attached hydrogen (secondary N) is 1. The summed E-state index contributed by atoms with van der Waals surface area (Å²) in [5.74, 6) is 0.106. The maximum atomic E-state index is 12.6. The van der Waals surface area contributed by atoms with Crippen molar-refractivity contribution in [3.05, 3.63) is 55.9 Å². The molecule has 0 radical (unpaired) electrons. The molecule has 8 heteroatoms. The Bertz CT molecular complexity index is 931. The molecule has 0 unspecified atom stereocenters. The monoisotopic (exact) mass is 419 g/mol. The largest absolute Gasteiger partial charge is 0.495 e. The van der Waals surface area contributed by atoms with Crippen molar-refractivity contribution in [1.29, 1.82) is 5.26 Å². The van der Waals surface area contributed by atoms with Crippen molar-refractivity contribution < 1.29 is 14.3 Å².